The van der Waals surface area contributed by atoms with Gasteiger partial charge in [0.25, 0.3) is 5.78 Å². The Kier molecular flexibility index (Phi) is 8.07. The molecular weight excluding hydrogens is 641 g/mol. The highest BCUT2D eigenvalue weighted by Gasteiger charge is 2.34. The third-order valence-electron chi connectivity index (χ3n) is 7.09. The van der Waals surface area contributed by atoms with Gasteiger partial charge < -0.3 is 34.3 Å². The lowest BCUT2D eigenvalue weighted by Gasteiger charge is -2.15. The number of ether oxygens (including phenoxy) is 4. The minimum Gasteiger partial charge on any atom is -0.539 e. The van der Waals surface area contributed by atoms with Crippen molar-refractivity contribution in [1.82, 2.24) is 10.3 Å². The summed E-state index contributed by atoms with van der Waals surface area (Å²) in [5.74, 6) is -1.28. The predicted octanol–water partition coefficient (Wildman–Crippen LogP) is 5.71. The summed E-state index contributed by atoms with van der Waals surface area (Å²) in [5.41, 5.74) is 8.80. The standard InChI is InChI=1S/C32H23F3N4O7S/c1-42-22-13-17(14-23(43-2)28(22)44-3)20-15-21(16-7-5-4-6-8-16)37-30-24(20)25(36)29(47-30)27(40)26-31(41)46-38-39(26)18-9-11-19(12-10-18)45-32(33,34)35/h4-15H,1-3H3,(H2-,36,38,40,41). The number of carbonyl (C=O) groups is 1. The first-order valence-electron chi connectivity index (χ1n) is 13.6. The van der Waals surface area contributed by atoms with Crippen LogP contribution in [0.2, 0.25) is 0 Å². The van der Waals surface area contributed by atoms with E-state index in [9.17, 15) is 23.1 Å². The van der Waals surface area contributed by atoms with E-state index in [1.807, 2.05) is 36.4 Å². The Labute approximate surface area is 268 Å². The molecule has 47 heavy (non-hydrogen) atoms. The topological polar surface area (TPSA) is 146 Å². The molecule has 0 aliphatic carbocycles. The van der Waals surface area contributed by atoms with Gasteiger partial charge in [-0.05, 0) is 46.1 Å². The molecule has 15 heteroatoms. The van der Waals surface area contributed by atoms with E-state index in [0.29, 0.717) is 44.3 Å². The van der Waals surface area contributed by atoms with Crippen LogP contribution >= 0.6 is 11.3 Å². The van der Waals surface area contributed by atoms with Crippen LogP contribution in [0.25, 0.3) is 38.3 Å². The molecule has 3 heterocycles. The van der Waals surface area contributed by atoms with Crippen molar-refractivity contribution in [1.29, 1.82) is 0 Å². The van der Waals surface area contributed by atoms with Gasteiger partial charge in [-0.2, -0.15) is 0 Å². The number of fused-ring (bicyclic) bond motifs is 1. The Morgan fingerprint density at radius 3 is 2.19 bits per heavy atom. The second kappa shape index (κ2) is 12.2. The largest absolute Gasteiger partial charge is 0.573 e. The molecule has 0 unspecified atom stereocenters. The summed E-state index contributed by atoms with van der Waals surface area (Å²) >= 11 is 0.957. The van der Waals surface area contributed by atoms with Gasteiger partial charge in [-0.25, -0.2) is 4.98 Å². The van der Waals surface area contributed by atoms with Crippen molar-refractivity contribution in [3.8, 4) is 57.0 Å². The van der Waals surface area contributed by atoms with Gasteiger partial charge in [0.1, 0.15) is 15.5 Å². The number of halogens is 3. The summed E-state index contributed by atoms with van der Waals surface area (Å²) in [6.45, 7) is 0. The molecule has 0 fully saturated rings. The van der Waals surface area contributed by atoms with Crippen molar-refractivity contribution in [2.45, 2.75) is 6.36 Å². The highest BCUT2D eigenvalue weighted by molar-refractivity contribution is 7.21. The predicted molar refractivity (Wildman–Crippen MR) is 162 cm³/mol. The second-order valence-corrected chi connectivity index (χ2v) is 10.9. The van der Waals surface area contributed by atoms with Crippen LogP contribution < -0.4 is 34.5 Å². The normalized spacial score (nSPS) is 11.4. The molecule has 0 saturated carbocycles. The molecule has 2 N–H and O–H groups in total. The number of rotatable bonds is 9. The van der Waals surface area contributed by atoms with Gasteiger partial charge in [-0.1, -0.05) is 30.3 Å². The van der Waals surface area contributed by atoms with Crippen LogP contribution in [-0.4, -0.2) is 43.7 Å². The van der Waals surface area contributed by atoms with Crippen molar-refractivity contribution in [2.24, 2.45) is 0 Å². The third-order valence-corrected chi connectivity index (χ3v) is 8.19. The zero-order valence-electron chi connectivity index (χ0n) is 24.7. The number of nitrogens with two attached hydrogens (primary N) is 1. The summed E-state index contributed by atoms with van der Waals surface area (Å²) in [6, 6.07) is 19.0. The average molecular weight is 665 g/mol. The van der Waals surface area contributed by atoms with E-state index < -0.39 is 29.5 Å². The quantitative estimate of drug-likeness (QED) is 0.151. The lowest BCUT2D eigenvalue weighted by molar-refractivity contribution is -0.672. The molecule has 6 aromatic rings. The van der Waals surface area contributed by atoms with E-state index in [0.717, 1.165) is 33.7 Å². The molecule has 0 atom stereocenters. The number of carbonyl (C=O) groups excluding carboxylic acids is 1. The van der Waals surface area contributed by atoms with E-state index in [4.69, 9.17) is 29.5 Å². The average Bonchev–Trinajstić information content (AvgIpc) is 3.62. The molecule has 11 nitrogen and oxygen atoms in total. The molecule has 0 radical (unpaired) electrons. The van der Waals surface area contributed by atoms with Crippen LogP contribution in [0.1, 0.15) is 15.4 Å². The van der Waals surface area contributed by atoms with Crippen molar-refractivity contribution in [3.05, 3.63) is 83.4 Å². The van der Waals surface area contributed by atoms with Crippen molar-refractivity contribution < 1.29 is 51.2 Å². The van der Waals surface area contributed by atoms with Gasteiger partial charge in [-0.3, -0.25) is 4.79 Å². The molecular formula is C32H23F3N4O7S. The SMILES string of the molecule is COc1cc(-c2cc(-c3ccccc3)nc3sc(C(=O)c4c([O-])on[n+]4-c4ccc(OC(F)(F)F)cc4)c(N)c23)cc(OC)c1OC. The number of ketones is 1. The third kappa shape index (κ3) is 5.83. The van der Waals surface area contributed by atoms with Gasteiger partial charge >= 0.3 is 12.1 Å². The van der Waals surface area contributed by atoms with Crippen LogP contribution in [0.5, 0.6) is 28.9 Å². The zero-order chi connectivity index (χ0) is 33.5. The first-order chi connectivity index (χ1) is 22.5. The fourth-order valence-corrected chi connectivity index (χ4v) is 6.08. The Morgan fingerprint density at radius 2 is 1.60 bits per heavy atom. The number of aromatic nitrogens is 3. The van der Waals surface area contributed by atoms with Gasteiger partial charge in [0, 0.05) is 23.1 Å². The maximum Gasteiger partial charge on any atom is 0.573 e. The minimum absolute atomic E-state index is 0.0301. The van der Waals surface area contributed by atoms with E-state index >= 15 is 0 Å². The molecule has 6 rings (SSSR count). The van der Waals surface area contributed by atoms with E-state index in [1.54, 1.807) is 12.1 Å². The number of benzene rings is 3. The van der Waals surface area contributed by atoms with Crippen LogP contribution in [0.3, 0.4) is 0 Å². The molecule has 0 bridgehead atoms. The van der Waals surface area contributed by atoms with Gasteiger partial charge in [0.15, 0.2) is 17.4 Å². The molecule has 0 saturated heterocycles. The molecule has 0 amide bonds. The molecule has 3 aromatic carbocycles. The van der Waals surface area contributed by atoms with Crippen molar-refractivity contribution >= 4 is 33.0 Å². The molecule has 0 aliphatic heterocycles. The first-order valence-corrected chi connectivity index (χ1v) is 14.4. The molecule has 0 aliphatic rings. The lowest BCUT2D eigenvalue weighted by atomic mass is 9.98. The maximum absolute atomic E-state index is 14.0. The number of anilines is 1. The Hall–Kier alpha value is -5.83. The molecule has 0 spiro atoms. The van der Waals surface area contributed by atoms with Gasteiger partial charge in [0.2, 0.25) is 11.4 Å². The number of hydrogen-bond donors (Lipinski definition) is 1. The second-order valence-electron chi connectivity index (χ2n) is 9.85. The number of pyridine rings is 1. The Balaban J connectivity index is 1.52. The van der Waals surface area contributed by atoms with E-state index in [2.05, 4.69) is 10.0 Å². The van der Waals surface area contributed by atoms with Crippen molar-refractivity contribution in [3.63, 3.8) is 0 Å². The highest BCUT2D eigenvalue weighted by atomic mass is 32.1. The fourth-order valence-electron chi connectivity index (χ4n) is 5.02. The maximum atomic E-state index is 14.0. The van der Waals surface area contributed by atoms with Gasteiger partial charge in [-0.15, -0.1) is 24.5 Å². The number of methoxy groups -OCH3 is 3. The van der Waals surface area contributed by atoms with Crippen LogP contribution in [0.15, 0.2) is 77.3 Å². The summed E-state index contributed by atoms with van der Waals surface area (Å²) in [7, 11) is 4.46. The number of alkyl halides is 3. The molecule has 240 valence electrons. The van der Waals surface area contributed by atoms with E-state index in [1.165, 1.54) is 33.5 Å². The van der Waals surface area contributed by atoms with Crippen LogP contribution in [0, 0.1) is 0 Å². The number of thiophene rings is 1. The van der Waals surface area contributed by atoms with Crippen LogP contribution in [0.4, 0.5) is 18.9 Å². The van der Waals surface area contributed by atoms with Crippen LogP contribution in [-0.2, 0) is 0 Å². The number of nitrogens with zero attached hydrogens (tertiary/aromatic N) is 3. The highest BCUT2D eigenvalue weighted by Crippen LogP contribution is 2.46. The summed E-state index contributed by atoms with van der Waals surface area (Å²) in [5, 5.41) is 16.9. The monoisotopic (exact) mass is 664 g/mol. The lowest BCUT2D eigenvalue weighted by Crippen LogP contribution is -2.39. The fraction of sp³-hybridized carbons (Fsp3) is 0.125. The summed E-state index contributed by atoms with van der Waals surface area (Å²) in [6.07, 6.45) is -4.90. The Morgan fingerprint density at radius 1 is 0.936 bits per heavy atom. The summed E-state index contributed by atoms with van der Waals surface area (Å²) < 4.78 is 64.1. The smallest absolute Gasteiger partial charge is 0.539 e. The van der Waals surface area contributed by atoms with Gasteiger partial charge in [0.05, 0.1) is 38.0 Å². The minimum atomic E-state index is -4.90. The van der Waals surface area contributed by atoms with E-state index in [-0.39, 0.29) is 16.3 Å². The first kappa shape index (κ1) is 31.2. The number of hydrogen-bond acceptors (Lipinski definition) is 11. The van der Waals surface area contributed by atoms with Crippen molar-refractivity contribution in [2.75, 3.05) is 27.1 Å². The summed E-state index contributed by atoms with van der Waals surface area (Å²) in [4.78, 5) is 19.2. The zero-order valence-corrected chi connectivity index (χ0v) is 25.6. The number of nitrogen functional groups attached to an aromatic ring is 1. The molecule has 3 aromatic heterocycles. The Bertz CT molecular complexity index is 2090.